The Hall–Kier alpha value is -1.03. The van der Waals surface area contributed by atoms with Gasteiger partial charge in [0.1, 0.15) is 6.61 Å². The van der Waals surface area contributed by atoms with Crippen LogP contribution in [0, 0.1) is 0 Å². The highest BCUT2D eigenvalue weighted by molar-refractivity contribution is 5.67. The first kappa shape index (κ1) is 11.0. The fourth-order valence-electron chi connectivity index (χ4n) is 0.613. The van der Waals surface area contributed by atoms with Crippen LogP contribution in [-0.4, -0.2) is 31.0 Å². The maximum atomic E-state index is 10.7. The van der Waals surface area contributed by atoms with Crippen molar-refractivity contribution in [3.8, 4) is 0 Å². The molecule has 0 aromatic carbocycles. The molecule has 4 nitrogen and oxygen atoms in total. The van der Waals surface area contributed by atoms with Gasteiger partial charge in [-0.15, -0.1) is 0 Å². The molecule has 0 saturated heterocycles. The van der Waals surface area contributed by atoms with E-state index < -0.39 is 6.09 Å². The molecule has 0 aromatic heterocycles. The number of rotatable bonds is 6. The van der Waals surface area contributed by atoms with E-state index >= 15 is 0 Å². The molecule has 0 aliphatic carbocycles. The third-order valence-electron chi connectivity index (χ3n) is 1.19. The van der Waals surface area contributed by atoms with Gasteiger partial charge in [0.2, 0.25) is 0 Å². The molecule has 0 aliphatic rings. The van der Waals surface area contributed by atoms with Crippen molar-refractivity contribution in [2.75, 3.05) is 19.8 Å². The van der Waals surface area contributed by atoms with E-state index in [1.54, 1.807) is 0 Å². The summed E-state index contributed by atoms with van der Waals surface area (Å²) in [6.07, 6.45) is 2.53. The highest BCUT2D eigenvalue weighted by atomic mass is 16.5. The second-order valence-electron chi connectivity index (χ2n) is 2.24. The van der Waals surface area contributed by atoms with Crippen LogP contribution < -0.4 is 5.32 Å². The van der Waals surface area contributed by atoms with Crippen molar-refractivity contribution < 1.29 is 14.6 Å². The van der Waals surface area contributed by atoms with Gasteiger partial charge >= 0.3 is 6.09 Å². The molecule has 0 fully saturated rings. The first-order valence-corrected chi connectivity index (χ1v) is 3.93. The Labute approximate surface area is 72.2 Å². The lowest BCUT2D eigenvalue weighted by atomic mass is 10.3. The Balaban J connectivity index is 3.13. The maximum absolute atomic E-state index is 10.7. The molecule has 12 heavy (non-hydrogen) atoms. The summed E-state index contributed by atoms with van der Waals surface area (Å²) in [6, 6.07) is 0. The minimum absolute atomic E-state index is 0.156. The van der Waals surface area contributed by atoms with Crippen LogP contribution in [0.2, 0.25) is 0 Å². The van der Waals surface area contributed by atoms with E-state index in [4.69, 9.17) is 5.11 Å². The van der Waals surface area contributed by atoms with E-state index in [1.807, 2.05) is 0 Å². The van der Waals surface area contributed by atoms with Crippen molar-refractivity contribution in [1.82, 2.24) is 5.32 Å². The van der Waals surface area contributed by atoms with Crippen LogP contribution >= 0.6 is 0 Å². The molecule has 0 saturated carbocycles. The maximum Gasteiger partial charge on any atom is 0.407 e. The van der Waals surface area contributed by atoms with E-state index in [0.29, 0.717) is 13.0 Å². The van der Waals surface area contributed by atoms with E-state index in [2.05, 4.69) is 16.6 Å². The smallest absolute Gasteiger partial charge is 0.407 e. The minimum atomic E-state index is -0.437. The monoisotopic (exact) mass is 173 g/mol. The number of nitrogens with one attached hydrogen (secondary N) is 1. The highest BCUT2D eigenvalue weighted by Crippen LogP contribution is 1.85. The van der Waals surface area contributed by atoms with Crippen molar-refractivity contribution in [3.63, 3.8) is 0 Å². The van der Waals surface area contributed by atoms with Gasteiger partial charge in [-0.3, -0.25) is 0 Å². The molecule has 1 amide bonds. The predicted octanol–water partition coefficient (Wildman–Crippen LogP) is 0.671. The summed E-state index contributed by atoms with van der Waals surface area (Å²) in [4.78, 5) is 10.7. The first-order valence-electron chi connectivity index (χ1n) is 3.93. The number of carbonyl (C=O) groups excluding carboxylic acids is 1. The summed E-state index contributed by atoms with van der Waals surface area (Å²) in [5.74, 6) is 0. The van der Waals surface area contributed by atoms with Crippen LogP contribution in [0.25, 0.3) is 0 Å². The van der Waals surface area contributed by atoms with Crippen LogP contribution in [0.15, 0.2) is 12.7 Å². The third kappa shape index (κ3) is 7.08. The second-order valence-corrected chi connectivity index (χ2v) is 2.24. The second kappa shape index (κ2) is 8.07. The van der Waals surface area contributed by atoms with E-state index in [9.17, 15) is 4.79 Å². The standard InChI is InChI=1S/C8H15NO3/c1-2-7-12-8(11)9-5-3-4-6-10/h2,10H,1,3-7H2,(H,9,11). The molecule has 0 unspecified atom stereocenters. The normalized spacial score (nSPS) is 9.08. The van der Waals surface area contributed by atoms with E-state index in [1.165, 1.54) is 6.08 Å². The molecule has 0 radical (unpaired) electrons. The third-order valence-corrected chi connectivity index (χ3v) is 1.19. The van der Waals surface area contributed by atoms with Gasteiger partial charge in [-0.1, -0.05) is 12.7 Å². The van der Waals surface area contributed by atoms with E-state index in [0.717, 1.165) is 6.42 Å². The van der Waals surface area contributed by atoms with Crippen molar-refractivity contribution >= 4 is 6.09 Å². The fraction of sp³-hybridized carbons (Fsp3) is 0.625. The molecule has 0 aliphatic heterocycles. The number of alkyl carbamates (subject to hydrolysis) is 1. The number of ether oxygens (including phenoxy) is 1. The topological polar surface area (TPSA) is 58.6 Å². The van der Waals surface area contributed by atoms with Crippen LogP contribution in [0.1, 0.15) is 12.8 Å². The summed E-state index contributed by atoms with van der Waals surface area (Å²) in [6.45, 7) is 4.33. The quantitative estimate of drug-likeness (QED) is 0.458. The zero-order valence-electron chi connectivity index (χ0n) is 7.08. The number of hydrogen-bond acceptors (Lipinski definition) is 3. The fourth-order valence-corrected chi connectivity index (χ4v) is 0.613. The number of amides is 1. The van der Waals surface area contributed by atoms with Gasteiger partial charge in [0, 0.05) is 13.2 Å². The zero-order chi connectivity index (χ0) is 9.23. The van der Waals surface area contributed by atoms with Gasteiger partial charge in [-0.2, -0.15) is 0 Å². The molecule has 2 N–H and O–H groups in total. The number of aliphatic hydroxyl groups excluding tert-OH is 1. The molecule has 0 bridgehead atoms. The predicted molar refractivity (Wildman–Crippen MR) is 45.9 cm³/mol. The molecular weight excluding hydrogens is 158 g/mol. The van der Waals surface area contributed by atoms with Crippen molar-refractivity contribution in [2.24, 2.45) is 0 Å². The summed E-state index contributed by atoms with van der Waals surface area (Å²) < 4.78 is 4.64. The van der Waals surface area contributed by atoms with Gasteiger partial charge in [-0.05, 0) is 12.8 Å². The lowest BCUT2D eigenvalue weighted by Gasteiger charge is -2.03. The number of unbranched alkanes of at least 4 members (excludes halogenated alkanes) is 1. The minimum Gasteiger partial charge on any atom is -0.445 e. The Morgan fingerprint density at radius 3 is 2.92 bits per heavy atom. The van der Waals surface area contributed by atoms with Crippen molar-refractivity contribution in [2.45, 2.75) is 12.8 Å². The molecular formula is C8H15NO3. The van der Waals surface area contributed by atoms with Gasteiger partial charge in [-0.25, -0.2) is 4.79 Å². The summed E-state index contributed by atoms with van der Waals surface area (Å²) >= 11 is 0. The van der Waals surface area contributed by atoms with Gasteiger partial charge in [0.15, 0.2) is 0 Å². The first-order chi connectivity index (χ1) is 5.81. The summed E-state index contributed by atoms with van der Waals surface area (Å²) in [7, 11) is 0. The zero-order valence-corrected chi connectivity index (χ0v) is 7.08. The lowest BCUT2D eigenvalue weighted by molar-refractivity contribution is 0.158. The van der Waals surface area contributed by atoms with Crippen LogP contribution in [0.5, 0.6) is 0 Å². The molecule has 70 valence electrons. The summed E-state index contributed by atoms with van der Waals surface area (Å²) in [5, 5.41) is 10.9. The average molecular weight is 173 g/mol. The Morgan fingerprint density at radius 2 is 2.33 bits per heavy atom. The van der Waals surface area contributed by atoms with Gasteiger partial charge < -0.3 is 15.2 Å². The Bertz CT molecular complexity index is 136. The van der Waals surface area contributed by atoms with Crippen LogP contribution in [0.3, 0.4) is 0 Å². The number of carbonyl (C=O) groups is 1. The molecule has 0 heterocycles. The number of aliphatic hydroxyl groups is 1. The molecule has 0 rings (SSSR count). The summed E-state index contributed by atoms with van der Waals surface area (Å²) in [5.41, 5.74) is 0. The largest absolute Gasteiger partial charge is 0.445 e. The van der Waals surface area contributed by atoms with Crippen molar-refractivity contribution in [1.29, 1.82) is 0 Å². The molecule has 0 atom stereocenters. The molecule has 0 spiro atoms. The van der Waals surface area contributed by atoms with Gasteiger partial charge in [0.25, 0.3) is 0 Å². The SMILES string of the molecule is C=CCOC(=O)NCCCCO. The highest BCUT2D eigenvalue weighted by Gasteiger charge is 1.97. The van der Waals surface area contributed by atoms with E-state index in [-0.39, 0.29) is 13.2 Å². The lowest BCUT2D eigenvalue weighted by Crippen LogP contribution is -2.25. The Kier molecular flexibility index (Phi) is 7.38. The molecule has 0 aromatic rings. The number of hydrogen-bond donors (Lipinski definition) is 2. The van der Waals surface area contributed by atoms with Gasteiger partial charge in [0.05, 0.1) is 0 Å². The van der Waals surface area contributed by atoms with Crippen LogP contribution in [0.4, 0.5) is 4.79 Å². The Morgan fingerprint density at radius 1 is 1.58 bits per heavy atom. The van der Waals surface area contributed by atoms with Crippen molar-refractivity contribution in [3.05, 3.63) is 12.7 Å². The molecule has 4 heteroatoms. The van der Waals surface area contributed by atoms with Crippen LogP contribution in [-0.2, 0) is 4.74 Å². The average Bonchev–Trinajstić information content (AvgIpc) is 2.09.